The number of thiazole rings is 1. The summed E-state index contributed by atoms with van der Waals surface area (Å²) in [7, 11) is 0. The lowest BCUT2D eigenvalue weighted by Gasteiger charge is -2.22. The van der Waals surface area contributed by atoms with Crippen LogP contribution in [0.4, 0.5) is 0 Å². The highest BCUT2D eigenvalue weighted by molar-refractivity contribution is 7.13. The minimum absolute atomic E-state index is 0.0721. The molecule has 1 aliphatic carbocycles. The number of rotatable bonds is 2. The van der Waals surface area contributed by atoms with Crippen LogP contribution in [-0.2, 0) is 0 Å². The Balaban J connectivity index is 1.57. The Labute approximate surface area is 127 Å². The normalized spacial score (nSPS) is 24.3. The summed E-state index contributed by atoms with van der Waals surface area (Å²) in [6.07, 6.45) is 8.20. The van der Waals surface area contributed by atoms with Crippen LogP contribution < -0.4 is 0 Å². The van der Waals surface area contributed by atoms with Crippen molar-refractivity contribution in [2.75, 3.05) is 6.54 Å². The number of likely N-dealkylation sites (tertiary alicyclic amines) is 1. The molecule has 2 aromatic rings. The van der Waals surface area contributed by atoms with Crippen LogP contribution in [0.5, 0.6) is 0 Å². The van der Waals surface area contributed by atoms with Gasteiger partial charge in [0.05, 0.1) is 0 Å². The van der Waals surface area contributed by atoms with Gasteiger partial charge in [-0.05, 0) is 31.2 Å². The van der Waals surface area contributed by atoms with E-state index in [9.17, 15) is 4.79 Å². The molecule has 0 aromatic carbocycles. The quantitative estimate of drug-likeness (QED) is 0.855. The SMILES string of the molecule is O=C(c1csc(-c2ncccn2)n1)N1CC[C@@H]2CCC[C@@H]21. The summed E-state index contributed by atoms with van der Waals surface area (Å²) in [6.45, 7) is 0.878. The summed E-state index contributed by atoms with van der Waals surface area (Å²) in [5, 5.41) is 2.54. The van der Waals surface area contributed by atoms with Crippen LogP contribution in [0.3, 0.4) is 0 Å². The van der Waals surface area contributed by atoms with E-state index in [-0.39, 0.29) is 5.91 Å². The molecular formula is C15H16N4OS. The number of hydrogen-bond donors (Lipinski definition) is 0. The maximum Gasteiger partial charge on any atom is 0.273 e. The molecule has 1 aliphatic heterocycles. The monoisotopic (exact) mass is 300 g/mol. The minimum atomic E-state index is 0.0721. The molecule has 1 saturated heterocycles. The Morgan fingerprint density at radius 3 is 2.95 bits per heavy atom. The van der Waals surface area contributed by atoms with Crippen molar-refractivity contribution in [3.63, 3.8) is 0 Å². The van der Waals surface area contributed by atoms with Gasteiger partial charge in [0.25, 0.3) is 5.91 Å². The van der Waals surface area contributed by atoms with Crippen LogP contribution in [0.25, 0.3) is 10.8 Å². The molecule has 0 spiro atoms. The largest absolute Gasteiger partial charge is 0.334 e. The van der Waals surface area contributed by atoms with Crippen LogP contribution in [0.2, 0.25) is 0 Å². The number of hydrogen-bond acceptors (Lipinski definition) is 5. The topological polar surface area (TPSA) is 59.0 Å². The van der Waals surface area contributed by atoms with Crippen molar-refractivity contribution in [3.8, 4) is 10.8 Å². The fourth-order valence-corrected chi connectivity index (χ4v) is 4.26. The van der Waals surface area contributed by atoms with E-state index in [0.29, 0.717) is 28.5 Å². The first-order valence-corrected chi connectivity index (χ1v) is 8.25. The summed E-state index contributed by atoms with van der Waals surface area (Å²) in [5.74, 6) is 1.37. The van der Waals surface area contributed by atoms with Crippen molar-refractivity contribution in [1.29, 1.82) is 0 Å². The first kappa shape index (κ1) is 12.9. The molecule has 1 amide bonds. The predicted molar refractivity (Wildman–Crippen MR) is 79.9 cm³/mol. The molecule has 108 valence electrons. The maximum absolute atomic E-state index is 12.7. The van der Waals surface area contributed by atoms with Crippen molar-refractivity contribution in [1.82, 2.24) is 19.9 Å². The van der Waals surface area contributed by atoms with E-state index in [4.69, 9.17) is 0 Å². The highest BCUT2D eigenvalue weighted by Crippen LogP contribution is 2.38. The molecule has 2 aromatic heterocycles. The first-order chi connectivity index (χ1) is 10.3. The summed E-state index contributed by atoms with van der Waals surface area (Å²) in [6, 6.07) is 2.21. The molecule has 0 radical (unpaired) electrons. The van der Waals surface area contributed by atoms with Crippen molar-refractivity contribution in [2.24, 2.45) is 5.92 Å². The van der Waals surface area contributed by atoms with Crippen molar-refractivity contribution in [3.05, 3.63) is 29.5 Å². The van der Waals surface area contributed by atoms with Gasteiger partial charge in [0, 0.05) is 30.4 Å². The van der Waals surface area contributed by atoms with Gasteiger partial charge in [-0.1, -0.05) is 6.42 Å². The fourth-order valence-electron chi connectivity index (χ4n) is 3.52. The van der Waals surface area contributed by atoms with E-state index in [1.54, 1.807) is 18.5 Å². The minimum Gasteiger partial charge on any atom is -0.334 e. The summed E-state index contributed by atoms with van der Waals surface area (Å²) in [4.78, 5) is 27.5. The summed E-state index contributed by atoms with van der Waals surface area (Å²) < 4.78 is 0. The summed E-state index contributed by atoms with van der Waals surface area (Å²) in [5.41, 5.74) is 0.537. The number of amides is 1. The van der Waals surface area contributed by atoms with Crippen molar-refractivity contribution < 1.29 is 4.79 Å². The van der Waals surface area contributed by atoms with Crippen LogP contribution in [0.1, 0.15) is 36.2 Å². The molecule has 1 saturated carbocycles. The van der Waals surface area contributed by atoms with E-state index >= 15 is 0 Å². The smallest absolute Gasteiger partial charge is 0.273 e. The van der Waals surface area contributed by atoms with Gasteiger partial charge in [-0.25, -0.2) is 15.0 Å². The zero-order valence-electron chi connectivity index (χ0n) is 11.6. The molecular weight excluding hydrogens is 284 g/mol. The fraction of sp³-hybridized carbons (Fsp3) is 0.467. The lowest BCUT2D eigenvalue weighted by atomic mass is 10.0. The van der Waals surface area contributed by atoms with Gasteiger partial charge in [0.15, 0.2) is 10.8 Å². The molecule has 2 atom stereocenters. The zero-order valence-corrected chi connectivity index (χ0v) is 12.4. The van der Waals surface area contributed by atoms with E-state index in [2.05, 4.69) is 15.0 Å². The van der Waals surface area contributed by atoms with E-state index < -0.39 is 0 Å². The number of nitrogens with zero attached hydrogens (tertiary/aromatic N) is 4. The van der Waals surface area contributed by atoms with Crippen molar-refractivity contribution >= 4 is 17.2 Å². The lowest BCUT2D eigenvalue weighted by Crippen LogP contribution is -2.36. The van der Waals surface area contributed by atoms with Crippen LogP contribution in [-0.4, -0.2) is 38.3 Å². The third-order valence-corrected chi connectivity index (χ3v) is 5.34. The average Bonchev–Trinajstić information content (AvgIpc) is 3.23. The third-order valence-electron chi connectivity index (χ3n) is 4.50. The second-order valence-electron chi connectivity index (χ2n) is 5.66. The van der Waals surface area contributed by atoms with Gasteiger partial charge in [0.2, 0.25) is 0 Å². The van der Waals surface area contributed by atoms with E-state index in [1.165, 1.54) is 24.2 Å². The van der Waals surface area contributed by atoms with E-state index in [1.807, 2.05) is 10.3 Å². The maximum atomic E-state index is 12.7. The van der Waals surface area contributed by atoms with Gasteiger partial charge in [-0.15, -0.1) is 11.3 Å². The Bertz CT molecular complexity index is 657. The predicted octanol–water partition coefficient (Wildman–Crippen LogP) is 2.61. The number of carbonyl (C=O) groups is 1. The standard InChI is InChI=1S/C15H16N4OS/c20-15(19-8-5-10-3-1-4-12(10)19)11-9-21-14(18-11)13-16-6-2-7-17-13/h2,6-7,9-10,12H,1,3-5,8H2/t10-,12-/m0/s1. The van der Waals surface area contributed by atoms with Crippen molar-refractivity contribution in [2.45, 2.75) is 31.7 Å². The zero-order chi connectivity index (χ0) is 14.2. The highest BCUT2D eigenvalue weighted by Gasteiger charge is 2.40. The number of carbonyl (C=O) groups excluding carboxylic acids is 1. The Kier molecular flexibility index (Phi) is 3.18. The molecule has 0 unspecified atom stereocenters. The molecule has 0 N–H and O–H groups in total. The molecule has 5 nitrogen and oxygen atoms in total. The second-order valence-corrected chi connectivity index (χ2v) is 6.51. The molecule has 4 rings (SSSR count). The molecule has 0 bridgehead atoms. The van der Waals surface area contributed by atoms with Crippen LogP contribution >= 0.6 is 11.3 Å². The van der Waals surface area contributed by atoms with Crippen LogP contribution in [0.15, 0.2) is 23.8 Å². The van der Waals surface area contributed by atoms with Gasteiger partial charge < -0.3 is 4.90 Å². The van der Waals surface area contributed by atoms with Gasteiger partial charge >= 0.3 is 0 Å². The first-order valence-electron chi connectivity index (χ1n) is 7.37. The lowest BCUT2D eigenvalue weighted by molar-refractivity contribution is 0.0724. The Morgan fingerprint density at radius 1 is 1.24 bits per heavy atom. The highest BCUT2D eigenvalue weighted by atomic mass is 32.1. The van der Waals surface area contributed by atoms with Crippen LogP contribution in [0, 0.1) is 5.92 Å². The number of aromatic nitrogens is 3. The second kappa shape index (κ2) is 5.18. The Morgan fingerprint density at radius 2 is 2.10 bits per heavy atom. The Hall–Kier alpha value is -1.82. The van der Waals surface area contributed by atoms with Gasteiger partial charge in [-0.3, -0.25) is 4.79 Å². The molecule has 2 aliphatic rings. The third kappa shape index (κ3) is 2.23. The van der Waals surface area contributed by atoms with Gasteiger partial charge in [-0.2, -0.15) is 0 Å². The molecule has 3 heterocycles. The number of fused-ring (bicyclic) bond motifs is 1. The molecule has 21 heavy (non-hydrogen) atoms. The average molecular weight is 300 g/mol. The van der Waals surface area contributed by atoms with E-state index in [0.717, 1.165) is 19.4 Å². The molecule has 6 heteroatoms. The summed E-state index contributed by atoms with van der Waals surface area (Å²) >= 11 is 1.43. The molecule has 2 fully saturated rings. The van der Waals surface area contributed by atoms with Gasteiger partial charge in [0.1, 0.15) is 5.69 Å².